The highest BCUT2D eigenvalue weighted by Crippen LogP contribution is 2.26. The lowest BCUT2D eigenvalue weighted by molar-refractivity contribution is 0.280. The summed E-state index contributed by atoms with van der Waals surface area (Å²) in [5, 5.41) is 4.29. The van der Waals surface area contributed by atoms with E-state index in [0.717, 1.165) is 49.1 Å². The second-order valence-corrected chi connectivity index (χ2v) is 5.00. The van der Waals surface area contributed by atoms with Crippen molar-refractivity contribution in [3.63, 3.8) is 0 Å². The summed E-state index contributed by atoms with van der Waals surface area (Å²) in [5.74, 6) is 1.70. The van der Waals surface area contributed by atoms with Crippen molar-refractivity contribution in [2.45, 2.75) is 38.6 Å². The first kappa shape index (κ1) is 10.8. The summed E-state index contributed by atoms with van der Waals surface area (Å²) >= 11 is 1.46. The number of hydrogen-bond donors (Lipinski definition) is 2. The molecule has 1 heterocycles. The first-order valence-electron chi connectivity index (χ1n) is 5.60. The van der Waals surface area contributed by atoms with Crippen molar-refractivity contribution in [3.8, 4) is 0 Å². The Morgan fingerprint density at radius 2 is 2.33 bits per heavy atom. The van der Waals surface area contributed by atoms with Crippen LogP contribution in [0.3, 0.4) is 0 Å². The zero-order chi connectivity index (χ0) is 10.7. The van der Waals surface area contributed by atoms with Gasteiger partial charge in [-0.25, -0.2) is 4.98 Å². The van der Waals surface area contributed by atoms with Crippen LogP contribution in [0.1, 0.15) is 32.0 Å². The Labute approximate surface area is 94.5 Å². The van der Waals surface area contributed by atoms with Gasteiger partial charge in [0.1, 0.15) is 5.82 Å². The molecule has 4 nitrogen and oxygen atoms in total. The van der Waals surface area contributed by atoms with Gasteiger partial charge in [0.2, 0.25) is 5.13 Å². The molecule has 0 bridgehead atoms. The van der Waals surface area contributed by atoms with Crippen molar-refractivity contribution >= 4 is 16.7 Å². The number of aromatic nitrogens is 2. The van der Waals surface area contributed by atoms with Gasteiger partial charge < -0.3 is 11.1 Å². The molecule has 1 fully saturated rings. The summed E-state index contributed by atoms with van der Waals surface area (Å²) in [6, 6.07) is 0.432. The summed E-state index contributed by atoms with van der Waals surface area (Å²) in [6.45, 7) is 3.14. The Kier molecular flexibility index (Phi) is 3.53. The lowest BCUT2D eigenvalue weighted by Gasteiger charge is -2.32. The Morgan fingerprint density at radius 3 is 3.00 bits per heavy atom. The van der Waals surface area contributed by atoms with Crippen molar-refractivity contribution < 1.29 is 0 Å². The minimum Gasteiger partial charge on any atom is -0.360 e. The molecule has 0 aliphatic heterocycles. The number of nitrogens with zero attached hydrogens (tertiary/aromatic N) is 2. The van der Waals surface area contributed by atoms with Crippen LogP contribution in [0, 0.1) is 5.92 Å². The fourth-order valence-corrected chi connectivity index (χ4v) is 2.45. The summed E-state index contributed by atoms with van der Waals surface area (Å²) in [5.41, 5.74) is 5.73. The molecule has 0 unspecified atom stereocenters. The van der Waals surface area contributed by atoms with Crippen LogP contribution < -0.4 is 11.1 Å². The molecular weight excluding hydrogens is 208 g/mol. The maximum Gasteiger partial charge on any atom is 0.202 e. The van der Waals surface area contributed by atoms with E-state index in [1.54, 1.807) is 0 Å². The Hall–Kier alpha value is -0.680. The van der Waals surface area contributed by atoms with Gasteiger partial charge >= 0.3 is 0 Å². The standard InChI is InChI=1S/C10H18N4S/c1-2-3-9-13-10(15-14-9)12-6-7-4-8(11)5-7/h7-8H,2-6,11H2,1H3,(H,12,13,14). The molecule has 84 valence electrons. The highest BCUT2D eigenvalue weighted by Gasteiger charge is 2.25. The normalized spacial score (nSPS) is 24.9. The SMILES string of the molecule is CCCc1nsc(NCC2CC(N)C2)n1. The van der Waals surface area contributed by atoms with Gasteiger partial charge in [0, 0.05) is 30.5 Å². The highest BCUT2D eigenvalue weighted by molar-refractivity contribution is 7.09. The number of aryl methyl sites for hydroxylation is 1. The monoisotopic (exact) mass is 226 g/mol. The van der Waals surface area contributed by atoms with E-state index in [0.29, 0.717) is 6.04 Å². The fraction of sp³-hybridized carbons (Fsp3) is 0.800. The van der Waals surface area contributed by atoms with Crippen molar-refractivity contribution in [1.29, 1.82) is 0 Å². The fourth-order valence-electron chi connectivity index (χ4n) is 1.84. The van der Waals surface area contributed by atoms with Gasteiger partial charge in [0.25, 0.3) is 0 Å². The van der Waals surface area contributed by atoms with Crippen LogP contribution in [-0.4, -0.2) is 21.9 Å². The molecule has 0 amide bonds. The van der Waals surface area contributed by atoms with Crippen molar-refractivity contribution in [3.05, 3.63) is 5.82 Å². The Bertz CT molecular complexity index is 306. The quantitative estimate of drug-likeness (QED) is 0.801. The van der Waals surface area contributed by atoms with Gasteiger partial charge in [-0.15, -0.1) is 0 Å². The molecule has 3 N–H and O–H groups in total. The van der Waals surface area contributed by atoms with Gasteiger partial charge in [0.05, 0.1) is 0 Å². The largest absolute Gasteiger partial charge is 0.360 e. The molecule has 1 aromatic heterocycles. The number of nitrogens with two attached hydrogens (primary N) is 1. The lowest BCUT2D eigenvalue weighted by Crippen LogP contribution is -2.39. The molecule has 0 atom stereocenters. The van der Waals surface area contributed by atoms with Crippen LogP contribution in [0.4, 0.5) is 5.13 Å². The molecule has 1 aliphatic carbocycles. The van der Waals surface area contributed by atoms with Gasteiger partial charge in [-0.2, -0.15) is 4.37 Å². The maximum absolute atomic E-state index is 5.73. The van der Waals surface area contributed by atoms with Crippen LogP contribution in [-0.2, 0) is 6.42 Å². The minimum absolute atomic E-state index is 0.432. The number of anilines is 1. The second kappa shape index (κ2) is 4.90. The topological polar surface area (TPSA) is 63.8 Å². The smallest absolute Gasteiger partial charge is 0.202 e. The van der Waals surface area contributed by atoms with E-state index in [4.69, 9.17) is 5.73 Å². The zero-order valence-electron chi connectivity index (χ0n) is 9.07. The summed E-state index contributed by atoms with van der Waals surface area (Å²) in [7, 11) is 0. The zero-order valence-corrected chi connectivity index (χ0v) is 9.89. The third-order valence-electron chi connectivity index (χ3n) is 2.76. The third-order valence-corrected chi connectivity index (χ3v) is 3.47. The number of nitrogens with one attached hydrogen (secondary N) is 1. The predicted octanol–water partition coefficient (Wildman–Crippen LogP) is 1.64. The number of hydrogen-bond acceptors (Lipinski definition) is 5. The van der Waals surface area contributed by atoms with Crippen molar-refractivity contribution in [2.75, 3.05) is 11.9 Å². The molecule has 0 spiro atoms. The van der Waals surface area contributed by atoms with E-state index in [2.05, 4.69) is 21.6 Å². The van der Waals surface area contributed by atoms with E-state index in [9.17, 15) is 0 Å². The third kappa shape index (κ3) is 2.89. The highest BCUT2D eigenvalue weighted by atomic mass is 32.1. The second-order valence-electron chi connectivity index (χ2n) is 4.24. The summed E-state index contributed by atoms with van der Waals surface area (Å²) in [6.07, 6.45) is 4.38. The Balaban J connectivity index is 1.73. The molecule has 1 saturated carbocycles. The van der Waals surface area contributed by atoms with E-state index < -0.39 is 0 Å². The van der Waals surface area contributed by atoms with Gasteiger partial charge in [-0.1, -0.05) is 6.92 Å². The predicted molar refractivity (Wildman–Crippen MR) is 63.1 cm³/mol. The van der Waals surface area contributed by atoms with Crippen molar-refractivity contribution in [1.82, 2.24) is 9.36 Å². The molecule has 2 rings (SSSR count). The van der Waals surface area contributed by atoms with Crippen molar-refractivity contribution in [2.24, 2.45) is 11.7 Å². The molecule has 0 aromatic carbocycles. The molecule has 1 aliphatic rings. The average Bonchev–Trinajstić information content (AvgIpc) is 2.59. The number of rotatable bonds is 5. The van der Waals surface area contributed by atoms with Crippen LogP contribution in [0.25, 0.3) is 0 Å². The van der Waals surface area contributed by atoms with E-state index >= 15 is 0 Å². The molecule has 1 aromatic rings. The van der Waals surface area contributed by atoms with E-state index in [1.807, 2.05) is 0 Å². The van der Waals surface area contributed by atoms with E-state index in [-0.39, 0.29) is 0 Å². The summed E-state index contributed by atoms with van der Waals surface area (Å²) in [4.78, 5) is 4.41. The van der Waals surface area contributed by atoms with Gasteiger partial charge in [-0.05, 0) is 25.2 Å². The molecule has 0 radical (unpaired) electrons. The molecule has 15 heavy (non-hydrogen) atoms. The average molecular weight is 226 g/mol. The Morgan fingerprint density at radius 1 is 1.53 bits per heavy atom. The van der Waals surface area contributed by atoms with Crippen LogP contribution in [0.5, 0.6) is 0 Å². The first-order chi connectivity index (χ1) is 7.28. The van der Waals surface area contributed by atoms with E-state index in [1.165, 1.54) is 11.5 Å². The van der Waals surface area contributed by atoms with Gasteiger partial charge in [-0.3, -0.25) is 0 Å². The maximum atomic E-state index is 5.73. The summed E-state index contributed by atoms with van der Waals surface area (Å²) < 4.78 is 4.29. The van der Waals surface area contributed by atoms with Gasteiger partial charge in [0.15, 0.2) is 0 Å². The van der Waals surface area contributed by atoms with Crippen LogP contribution in [0.2, 0.25) is 0 Å². The molecule has 0 saturated heterocycles. The minimum atomic E-state index is 0.432. The van der Waals surface area contributed by atoms with Crippen LogP contribution in [0.15, 0.2) is 0 Å². The lowest BCUT2D eigenvalue weighted by atomic mass is 9.81. The first-order valence-corrected chi connectivity index (χ1v) is 6.37. The molecule has 5 heteroatoms. The van der Waals surface area contributed by atoms with Crippen LogP contribution >= 0.6 is 11.5 Å². The molecular formula is C10H18N4S.